The number of likely N-dealkylation sites (tertiary alicyclic amines) is 1. The molecule has 0 unspecified atom stereocenters. The third kappa shape index (κ3) is 3.73. The molecule has 3 aromatic heterocycles. The van der Waals surface area contributed by atoms with Gasteiger partial charge in [-0.2, -0.15) is 10.1 Å². The fourth-order valence-corrected chi connectivity index (χ4v) is 3.42. The molecule has 1 atom stereocenters. The van der Waals surface area contributed by atoms with E-state index in [1.54, 1.807) is 28.2 Å². The van der Waals surface area contributed by atoms with Crippen LogP contribution in [-0.2, 0) is 7.05 Å². The van der Waals surface area contributed by atoms with Crippen LogP contribution in [0.5, 0.6) is 0 Å². The molecule has 1 aliphatic heterocycles. The van der Waals surface area contributed by atoms with Crippen molar-refractivity contribution in [1.82, 2.24) is 29.8 Å². The minimum atomic E-state index is -0.228. The van der Waals surface area contributed by atoms with E-state index in [9.17, 15) is 4.79 Å². The maximum absolute atomic E-state index is 13.0. The summed E-state index contributed by atoms with van der Waals surface area (Å²) in [6, 6.07) is 1.47. The minimum Gasteiger partial charge on any atom is -0.334 e. The lowest BCUT2D eigenvalue weighted by molar-refractivity contribution is 0.185. The molecule has 4 rings (SSSR count). The van der Waals surface area contributed by atoms with Crippen LogP contribution in [-0.4, -0.2) is 42.4 Å². The van der Waals surface area contributed by atoms with Gasteiger partial charge in [-0.1, -0.05) is 18.0 Å². The highest BCUT2D eigenvalue weighted by Crippen LogP contribution is 2.30. The van der Waals surface area contributed by atoms with E-state index >= 15 is 0 Å². The van der Waals surface area contributed by atoms with Crippen LogP contribution in [0.25, 0.3) is 11.5 Å². The Hall–Kier alpha value is -3.23. The number of pyridine rings is 1. The van der Waals surface area contributed by atoms with Crippen molar-refractivity contribution in [2.24, 2.45) is 7.05 Å². The molecule has 2 amide bonds. The average molecular weight is 381 g/mol. The molecule has 0 aromatic carbocycles. The number of nitrogens with one attached hydrogen (secondary N) is 1. The van der Waals surface area contributed by atoms with Crippen molar-refractivity contribution in [2.75, 3.05) is 11.9 Å². The summed E-state index contributed by atoms with van der Waals surface area (Å²) >= 11 is 0. The summed E-state index contributed by atoms with van der Waals surface area (Å²) < 4.78 is 7.12. The molecule has 1 saturated heterocycles. The molecule has 0 saturated carbocycles. The molecule has 4 heterocycles. The fraction of sp³-hybridized carbons (Fsp3) is 0.421. The number of aryl methyl sites for hydroxylation is 2. The normalized spacial score (nSPS) is 17.4. The van der Waals surface area contributed by atoms with Gasteiger partial charge in [-0.05, 0) is 31.4 Å². The highest BCUT2D eigenvalue weighted by Gasteiger charge is 2.31. The van der Waals surface area contributed by atoms with E-state index in [4.69, 9.17) is 4.52 Å². The minimum absolute atomic E-state index is 0.171. The van der Waals surface area contributed by atoms with Gasteiger partial charge < -0.3 is 14.7 Å². The highest BCUT2D eigenvalue weighted by molar-refractivity contribution is 5.90. The van der Waals surface area contributed by atoms with Crippen LogP contribution in [0.15, 0.2) is 35.4 Å². The van der Waals surface area contributed by atoms with Crippen LogP contribution < -0.4 is 5.32 Å². The van der Waals surface area contributed by atoms with Crippen LogP contribution in [0.4, 0.5) is 10.5 Å². The van der Waals surface area contributed by atoms with Crippen molar-refractivity contribution in [1.29, 1.82) is 0 Å². The molecule has 0 spiro atoms. The Kier molecular flexibility index (Phi) is 5.05. The summed E-state index contributed by atoms with van der Waals surface area (Å²) in [7, 11) is 1.83. The maximum Gasteiger partial charge on any atom is 0.322 e. The van der Waals surface area contributed by atoms with Gasteiger partial charge in [0.05, 0.1) is 29.7 Å². The van der Waals surface area contributed by atoms with Crippen molar-refractivity contribution >= 4 is 11.7 Å². The van der Waals surface area contributed by atoms with E-state index in [0.29, 0.717) is 23.9 Å². The predicted molar refractivity (Wildman–Crippen MR) is 102 cm³/mol. The van der Waals surface area contributed by atoms with Gasteiger partial charge in [0, 0.05) is 26.0 Å². The first-order valence-electron chi connectivity index (χ1n) is 9.42. The smallest absolute Gasteiger partial charge is 0.322 e. The van der Waals surface area contributed by atoms with Crippen molar-refractivity contribution in [3.63, 3.8) is 0 Å². The number of hydrogen-bond acceptors (Lipinski definition) is 6. The summed E-state index contributed by atoms with van der Waals surface area (Å²) in [5.41, 5.74) is 2.43. The van der Waals surface area contributed by atoms with Gasteiger partial charge >= 0.3 is 6.03 Å². The van der Waals surface area contributed by atoms with E-state index in [0.717, 1.165) is 36.8 Å². The van der Waals surface area contributed by atoms with Crippen molar-refractivity contribution < 1.29 is 9.32 Å². The molecule has 0 aliphatic carbocycles. The van der Waals surface area contributed by atoms with Gasteiger partial charge in [-0.3, -0.25) is 9.67 Å². The quantitative estimate of drug-likeness (QED) is 0.747. The second kappa shape index (κ2) is 7.79. The molecule has 1 fully saturated rings. The third-order valence-corrected chi connectivity index (χ3v) is 4.99. The van der Waals surface area contributed by atoms with Crippen molar-refractivity contribution in [2.45, 2.75) is 38.6 Å². The number of rotatable bonds is 3. The van der Waals surface area contributed by atoms with E-state index in [1.807, 2.05) is 26.2 Å². The maximum atomic E-state index is 13.0. The molecular formula is C19H23N7O2. The lowest BCUT2D eigenvalue weighted by atomic mass is 10.1. The van der Waals surface area contributed by atoms with Crippen molar-refractivity contribution in [3.8, 4) is 11.5 Å². The summed E-state index contributed by atoms with van der Waals surface area (Å²) in [4.78, 5) is 23.5. The Labute approximate surface area is 162 Å². The monoisotopic (exact) mass is 381 g/mol. The fourth-order valence-electron chi connectivity index (χ4n) is 3.42. The number of hydrogen-bond donors (Lipinski definition) is 1. The highest BCUT2D eigenvalue weighted by atomic mass is 16.5. The summed E-state index contributed by atoms with van der Waals surface area (Å²) in [6.45, 7) is 2.59. The van der Waals surface area contributed by atoms with Crippen LogP contribution >= 0.6 is 0 Å². The van der Waals surface area contributed by atoms with Gasteiger partial charge in [-0.15, -0.1) is 0 Å². The molecule has 9 nitrogen and oxygen atoms in total. The number of anilines is 1. The number of nitrogens with zero attached hydrogens (tertiary/aromatic N) is 6. The van der Waals surface area contributed by atoms with E-state index in [1.165, 1.54) is 0 Å². The zero-order valence-corrected chi connectivity index (χ0v) is 16.0. The Balaban J connectivity index is 1.58. The predicted octanol–water partition coefficient (Wildman–Crippen LogP) is 3.32. The average Bonchev–Trinajstić information content (AvgIpc) is 3.26. The number of amides is 2. The topological polar surface area (TPSA) is 102 Å². The van der Waals surface area contributed by atoms with Crippen molar-refractivity contribution in [3.05, 3.63) is 42.2 Å². The SMILES string of the molecule is Cc1ccncc1NC(=O)N1CCCCC[C@@H]1c1noc(-c2cnn(C)c2)n1. The standard InChI is InChI=1S/C19H23N7O2/c1-13-7-8-20-11-15(13)22-19(27)26-9-5-3-4-6-16(26)17-23-18(28-24-17)14-10-21-25(2)12-14/h7-8,10-12,16H,3-6,9H2,1-2H3,(H,22,27)/t16-/m1/s1. The summed E-state index contributed by atoms with van der Waals surface area (Å²) in [5.74, 6) is 0.939. The first-order chi connectivity index (χ1) is 13.6. The molecule has 146 valence electrons. The summed E-state index contributed by atoms with van der Waals surface area (Å²) in [6.07, 6.45) is 10.7. The zero-order chi connectivity index (χ0) is 19.5. The number of urea groups is 1. The second-order valence-corrected chi connectivity index (χ2v) is 7.04. The molecular weight excluding hydrogens is 358 g/mol. The molecule has 0 bridgehead atoms. The second-order valence-electron chi connectivity index (χ2n) is 7.04. The third-order valence-electron chi connectivity index (χ3n) is 4.99. The molecule has 28 heavy (non-hydrogen) atoms. The van der Waals surface area contributed by atoms with Gasteiger partial charge in [0.25, 0.3) is 5.89 Å². The van der Waals surface area contributed by atoms with Gasteiger partial charge in [0.15, 0.2) is 5.82 Å². The molecule has 1 aliphatic rings. The first kappa shape index (κ1) is 18.1. The first-order valence-corrected chi connectivity index (χ1v) is 9.42. The Morgan fingerprint density at radius 3 is 2.96 bits per heavy atom. The molecule has 0 radical (unpaired) electrons. The van der Waals surface area contributed by atoms with E-state index < -0.39 is 0 Å². The van der Waals surface area contributed by atoms with Crippen LogP contribution in [0.2, 0.25) is 0 Å². The number of aromatic nitrogens is 5. The lowest BCUT2D eigenvalue weighted by Crippen LogP contribution is -2.38. The van der Waals surface area contributed by atoms with Crippen LogP contribution in [0, 0.1) is 6.92 Å². The zero-order valence-electron chi connectivity index (χ0n) is 16.0. The van der Waals surface area contributed by atoms with Gasteiger partial charge in [-0.25, -0.2) is 4.79 Å². The summed E-state index contributed by atoms with van der Waals surface area (Å²) in [5, 5.41) is 11.3. The Bertz CT molecular complexity index is 965. The van der Waals surface area contributed by atoms with Gasteiger partial charge in [0.2, 0.25) is 0 Å². The molecule has 9 heteroatoms. The Morgan fingerprint density at radius 2 is 2.18 bits per heavy atom. The van der Waals surface area contributed by atoms with Crippen LogP contribution in [0.1, 0.15) is 43.1 Å². The van der Waals surface area contributed by atoms with Gasteiger partial charge in [0.1, 0.15) is 0 Å². The number of carbonyl (C=O) groups is 1. The van der Waals surface area contributed by atoms with E-state index in [-0.39, 0.29) is 12.1 Å². The Morgan fingerprint density at radius 1 is 1.29 bits per heavy atom. The molecule has 3 aromatic rings. The lowest BCUT2D eigenvalue weighted by Gasteiger charge is -2.28. The molecule has 1 N–H and O–H groups in total. The number of carbonyl (C=O) groups excluding carboxylic acids is 1. The largest absolute Gasteiger partial charge is 0.334 e. The van der Waals surface area contributed by atoms with E-state index in [2.05, 4.69) is 25.5 Å². The van der Waals surface area contributed by atoms with Crippen LogP contribution in [0.3, 0.4) is 0 Å².